The summed E-state index contributed by atoms with van der Waals surface area (Å²) in [5, 5.41) is 12.4. The molecule has 0 aliphatic heterocycles. The number of hydrogen-bond donors (Lipinski definition) is 0. The van der Waals surface area contributed by atoms with Crippen LogP contribution in [0.25, 0.3) is 110 Å². The molecule has 10 aromatic carbocycles. The van der Waals surface area contributed by atoms with Crippen molar-refractivity contribution >= 4 is 65.0 Å². The first kappa shape index (κ1) is 31.4. The van der Waals surface area contributed by atoms with Gasteiger partial charge < -0.3 is 4.42 Å². The largest absolute Gasteiger partial charge is 0.455 e. The Morgan fingerprint density at radius 3 is 1.54 bits per heavy atom. The van der Waals surface area contributed by atoms with E-state index in [0.717, 1.165) is 11.2 Å². The summed E-state index contributed by atoms with van der Waals surface area (Å²) in [7, 11) is 0. The number of para-hydroxylation sites is 1. The molecule has 11 aromatic rings. The van der Waals surface area contributed by atoms with Crippen LogP contribution in [-0.2, 0) is 5.41 Å². The lowest BCUT2D eigenvalue weighted by molar-refractivity contribution is 0.664. The molecule has 0 saturated heterocycles. The van der Waals surface area contributed by atoms with Crippen molar-refractivity contribution in [3.05, 3.63) is 193 Å². The van der Waals surface area contributed by atoms with E-state index in [0.29, 0.717) is 0 Å². The minimum atomic E-state index is -0.232. The van der Waals surface area contributed by atoms with Gasteiger partial charge >= 0.3 is 0 Å². The molecular weight excluding hydrogens is 677 g/mol. The lowest BCUT2D eigenvalue weighted by Gasteiger charge is -2.24. The molecule has 56 heavy (non-hydrogen) atoms. The van der Waals surface area contributed by atoms with E-state index in [-0.39, 0.29) is 5.41 Å². The van der Waals surface area contributed by atoms with Crippen molar-refractivity contribution in [2.45, 2.75) is 19.3 Å². The molecule has 1 aliphatic rings. The van der Waals surface area contributed by atoms with Gasteiger partial charge in [0.15, 0.2) is 0 Å². The zero-order valence-electron chi connectivity index (χ0n) is 31.2. The highest BCUT2D eigenvalue weighted by molar-refractivity contribution is 6.25. The molecule has 1 aromatic heterocycles. The van der Waals surface area contributed by atoms with Crippen LogP contribution in [0.15, 0.2) is 186 Å². The smallest absolute Gasteiger partial charge is 0.143 e. The summed E-state index contributed by atoms with van der Waals surface area (Å²) in [5.41, 5.74) is 14.6. The molecule has 1 heterocycles. The average molecular weight is 713 g/mol. The fraction of sp³-hybridized carbons (Fsp3) is 0.0545. The Labute approximate surface area is 325 Å². The van der Waals surface area contributed by atoms with Crippen molar-refractivity contribution in [2.75, 3.05) is 0 Å². The average Bonchev–Trinajstić information content (AvgIpc) is 3.75. The van der Waals surface area contributed by atoms with Gasteiger partial charge in [0.2, 0.25) is 0 Å². The van der Waals surface area contributed by atoms with Gasteiger partial charge in [0.1, 0.15) is 11.2 Å². The first-order chi connectivity index (χ1) is 27.5. The number of benzene rings is 10. The highest BCUT2D eigenvalue weighted by Crippen LogP contribution is 2.57. The van der Waals surface area contributed by atoms with Gasteiger partial charge in [-0.3, -0.25) is 0 Å². The van der Waals surface area contributed by atoms with Gasteiger partial charge in [0, 0.05) is 21.6 Å². The van der Waals surface area contributed by atoms with Crippen LogP contribution in [0, 0.1) is 0 Å². The minimum Gasteiger partial charge on any atom is -0.455 e. The van der Waals surface area contributed by atoms with Gasteiger partial charge in [0.05, 0.1) is 0 Å². The Balaban J connectivity index is 1.08. The van der Waals surface area contributed by atoms with Crippen molar-refractivity contribution in [2.24, 2.45) is 0 Å². The Hall–Kier alpha value is -6.96. The first-order valence-corrected chi connectivity index (χ1v) is 19.6. The van der Waals surface area contributed by atoms with E-state index >= 15 is 0 Å². The molecule has 1 aliphatic carbocycles. The van der Waals surface area contributed by atoms with Crippen molar-refractivity contribution in [3.8, 4) is 44.5 Å². The molecule has 0 bridgehead atoms. The van der Waals surface area contributed by atoms with Crippen molar-refractivity contribution in [1.82, 2.24) is 0 Å². The fourth-order valence-electron chi connectivity index (χ4n) is 10.1. The summed E-state index contributed by atoms with van der Waals surface area (Å²) in [5.74, 6) is 0. The van der Waals surface area contributed by atoms with Crippen LogP contribution < -0.4 is 0 Å². The summed E-state index contributed by atoms with van der Waals surface area (Å²) in [4.78, 5) is 0. The summed E-state index contributed by atoms with van der Waals surface area (Å²) in [6.07, 6.45) is 0. The monoisotopic (exact) mass is 712 g/mol. The quantitative estimate of drug-likeness (QED) is 0.166. The molecule has 0 fully saturated rings. The molecule has 1 nitrogen and oxygen atoms in total. The maximum atomic E-state index is 6.66. The summed E-state index contributed by atoms with van der Waals surface area (Å²) in [6, 6.07) is 67.0. The maximum absolute atomic E-state index is 6.66. The fourth-order valence-corrected chi connectivity index (χ4v) is 10.1. The minimum absolute atomic E-state index is 0.232. The Morgan fingerprint density at radius 2 is 0.875 bits per heavy atom. The zero-order chi connectivity index (χ0) is 37.1. The topological polar surface area (TPSA) is 13.1 Å². The molecule has 0 amide bonds. The Bertz CT molecular complexity index is 3380. The molecule has 0 N–H and O–H groups in total. The standard InChI is InChI=1S/C55H36O/c1-55(2)47-32-38(28-29-45(47)51-52-46-22-12-13-23-48(46)56-54(52)44-21-11-10-20-43(44)53(51)55)50-41-18-8-6-16-39(41)49(40-17-7-9-19-42(40)50)37-27-26-35-30-34(24-25-36(35)31-37)33-14-4-3-5-15-33/h3-32H,1-2H3. The Kier molecular flexibility index (Phi) is 6.46. The molecule has 262 valence electrons. The zero-order valence-corrected chi connectivity index (χ0v) is 31.2. The lowest BCUT2D eigenvalue weighted by Crippen LogP contribution is -2.15. The van der Waals surface area contributed by atoms with Gasteiger partial charge in [-0.25, -0.2) is 0 Å². The molecular formula is C55H36O. The summed E-state index contributed by atoms with van der Waals surface area (Å²) in [6.45, 7) is 4.81. The van der Waals surface area contributed by atoms with Gasteiger partial charge in [0.25, 0.3) is 0 Å². The van der Waals surface area contributed by atoms with Crippen LogP contribution in [0.5, 0.6) is 0 Å². The number of furan rings is 1. The second-order valence-electron chi connectivity index (χ2n) is 16.0. The van der Waals surface area contributed by atoms with Crippen LogP contribution in [0.4, 0.5) is 0 Å². The Morgan fingerprint density at radius 1 is 0.375 bits per heavy atom. The van der Waals surface area contributed by atoms with Gasteiger partial charge in [-0.05, 0) is 118 Å². The van der Waals surface area contributed by atoms with E-state index in [1.165, 1.54) is 109 Å². The van der Waals surface area contributed by atoms with E-state index in [9.17, 15) is 0 Å². The summed E-state index contributed by atoms with van der Waals surface area (Å²) >= 11 is 0. The predicted octanol–water partition coefficient (Wildman–Crippen LogP) is 15.5. The molecule has 1 heteroatoms. The van der Waals surface area contributed by atoms with Crippen LogP contribution in [0.1, 0.15) is 25.0 Å². The lowest BCUT2D eigenvalue weighted by atomic mass is 9.78. The maximum Gasteiger partial charge on any atom is 0.143 e. The third-order valence-corrected chi connectivity index (χ3v) is 12.6. The highest BCUT2D eigenvalue weighted by Gasteiger charge is 2.40. The molecule has 0 saturated carbocycles. The highest BCUT2D eigenvalue weighted by atomic mass is 16.3. The van der Waals surface area contributed by atoms with Crippen molar-refractivity contribution in [1.29, 1.82) is 0 Å². The van der Waals surface area contributed by atoms with Crippen LogP contribution in [0.2, 0.25) is 0 Å². The summed E-state index contributed by atoms with van der Waals surface area (Å²) < 4.78 is 6.66. The van der Waals surface area contributed by atoms with Crippen molar-refractivity contribution < 1.29 is 4.42 Å². The van der Waals surface area contributed by atoms with Gasteiger partial charge in [-0.1, -0.05) is 172 Å². The van der Waals surface area contributed by atoms with E-state index in [2.05, 4.69) is 196 Å². The van der Waals surface area contributed by atoms with E-state index in [4.69, 9.17) is 4.42 Å². The number of hydrogen-bond acceptors (Lipinski definition) is 1. The van der Waals surface area contributed by atoms with E-state index < -0.39 is 0 Å². The number of fused-ring (bicyclic) bond motifs is 13. The van der Waals surface area contributed by atoms with Gasteiger partial charge in [-0.15, -0.1) is 0 Å². The number of rotatable bonds is 3. The molecule has 0 radical (unpaired) electrons. The van der Waals surface area contributed by atoms with E-state index in [1.54, 1.807) is 0 Å². The first-order valence-electron chi connectivity index (χ1n) is 19.6. The van der Waals surface area contributed by atoms with E-state index in [1.807, 2.05) is 0 Å². The van der Waals surface area contributed by atoms with Crippen LogP contribution in [0.3, 0.4) is 0 Å². The normalized spacial score (nSPS) is 13.3. The molecule has 0 unspecified atom stereocenters. The third kappa shape index (κ3) is 4.31. The second-order valence-corrected chi connectivity index (χ2v) is 16.0. The molecule has 0 spiro atoms. The molecule has 0 atom stereocenters. The van der Waals surface area contributed by atoms with Crippen molar-refractivity contribution in [3.63, 3.8) is 0 Å². The SMILES string of the molecule is CC1(C)c2cc(-c3c4ccccc4c(-c4ccc5cc(-c6ccccc6)ccc5c4)c4ccccc34)ccc2-c2c1c1ccccc1c1oc3ccccc3c21. The van der Waals surface area contributed by atoms with Crippen LogP contribution >= 0.6 is 0 Å². The van der Waals surface area contributed by atoms with Gasteiger partial charge in [-0.2, -0.15) is 0 Å². The third-order valence-electron chi connectivity index (χ3n) is 12.6. The molecule has 12 rings (SSSR count). The predicted molar refractivity (Wildman–Crippen MR) is 238 cm³/mol. The van der Waals surface area contributed by atoms with Crippen LogP contribution in [-0.4, -0.2) is 0 Å². The second kappa shape index (κ2) is 11.5.